The number of hydrogen-bond acceptors (Lipinski definition) is 2. The highest BCUT2D eigenvalue weighted by molar-refractivity contribution is 5.77. The Kier molecular flexibility index (Phi) is 4.84. The van der Waals surface area contributed by atoms with Gasteiger partial charge in [0, 0.05) is 18.5 Å². The minimum atomic E-state index is 0.253. The fourth-order valence-corrected chi connectivity index (χ4v) is 3.12. The summed E-state index contributed by atoms with van der Waals surface area (Å²) in [5, 5.41) is 6.68. The molecule has 1 aliphatic carbocycles. The molecule has 3 heteroatoms. The summed E-state index contributed by atoms with van der Waals surface area (Å²) in [6, 6.07) is 0.850. The summed E-state index contributed by atoms with van der Waals surface area (Å²) < 4.78 is 0. The van der Waals surface area contributed by atoms with Gasteiger partial charge in [0.25, 0.3) is 0 Å². The highest BCUT2D eigenvalue weighted by Crippen LogP contribution is 2.20. The van der Waals surface area contributed by atoms with Crippen molar-refractivity contribution in [1.82, 2.24) is 10.6 Å². The second-order valence-electron chi connectivity index (χ2n) is 5.79. The first-order valence-electron chi connectivity index (χ1n) is 7.28. The Balaban J connectivity index is 1.72. The number of carbonyl (C=O) groups excluding carboxylic acids is 1. The van der Waals surface area contributed by atoms with Gasteiger partial charge in [-0.15, -0.1) is 0 Å². The summed E-state index contributed by atoms with van der Waals surface area (Å²) in [4.78, 5) is 12.0. The van der Waals surface area contributed by atoms with Crippen molar-refractivity contribution >= 4 is 5.91 Å². The van der Waals surface area contributed by atoms with E-state index < -0.39 is 0 Å². The van der Waals surface area contributed by atoms with Crippen LogP contribution in [0.1, 0.15) is 58.3 Å². The quantitative estimate of drug-likeness (QED) is 0.791. The lowest BCUT2D eigenvalue weighted by atomic mass is 9.90. The van der Waals surface area contributed by atoms with Crippen LogP contribution in [-0.2, 0) is 4.79 Å². The molecule has 0 radical (unpaired) electrons. The summed E-state index contributed by atoms with van der Waals surface area (Å²) in [6.45, 7) is 3.33. The molecule has 17 heavy (non-hydrogen) atoms. The van der Waals surface area contributed by atoms with Gasteiger partial charge < -0.3 is 10.6 Å². The van der Waals surface area contributed by atoms with Gasteiger partial charge in [0.1, 0.15) is 0 Å². The normalized spacial score (nSPS) is 31.1. The molecule has 1 amide bonds. The maximum absolute atomic E-state index is 12.0. The van der Waals surface area contributed by atoms with Crippen molar-refractivity contribution in [3.63, 3.8) is 0 Å². The van der Waals surface area contributed by atoms with Crippen molar-refractivity contribution in [3.8, 4) is 0 Å². The Morgan fingerprint density at radius 1 is 1.18 bits per heavy atom. The van der Waals surface area contributed by atoms with Gasteiger partial charge >= 0.3 is 0 Å². The van der Waals surface area contributed by atoms with Crippen LogP contribution < -0.4 is 10.6 Å². The first kappa shape index (κ1) is 12.9. The molecule has 1 saturated heterocycles. The third kappa shape index (κ3) is 3.98. The summed E-state index contributed by atoms with van der Waals surface area (Å²) in [6.07, 6.45) is 9.44. The van der Waals surface area contributed by atoms with Gasteiger partial charge in [-0.1, -0.05) is 26.2 Å². The van der Waals surface area contributed by atoms with E-state index in [1.165, 1.54) is 44.9 Å². The van der Waals surface area contributed by atoms with Crippen molar-refractivity contribution in [2.24, 2.45) is 5.92 Å². The summed E-state index contributed by atoms with van der Waals surface area (Å²) in [5.74, 6) is 0.893. The number of nitrogens with one attached hydrogen (secondary N) is 2. The van der Waals surface area contributed by atoms with Crippen molar-refractivity contribution in [2.45, 2.75) is 70.4 Å². The molecule has 2 rings (SSSR count). The van der Waals surface area contributed by atoms with Crippen molar-refractivity contribution in [2.75, 3.05) is 6.54 Å². The average molecular weight is 238 g/mol. The standard InChI is InChI=1S/C14H26N2O/c1-11-6-5-9-15-13(11)10-14(17)16-12-7-3-2-4-8-12/h11-13,15H,2-10H2,1H3,(H,16,17). The molecule has 2 N–H and O–H groups in total. The zero-order valence-electron chi connectivity index (χ0n) is 11.0. The molecule has 2 aliphatic rings. The van der Waals surface area contributed by atoms with Crippen LogP contribution in [0.25, 0.3) is 0 Å². The Bertz CT molecular complexity index is 249. The molecule has 0 spiro atoms. The molecule has 2 fully saturated rings. The Hall–Kier alpha value is -0.570. The molecule has 3 nitrogen and oxygen atoms in total. The van der Waals surface area contributed by atoms with Crippen LogP contribution in [-0.4, -0.2) is 24.5 Å². The predicted molar refractivity (Wildman–Crippen MR) is 69.8 cm³/mol. The van der Waals surface area contributed by atoms with E-state index in [4.69, 9.17) is 0 Å². The van der Waals surface area contributed by atoms with Crippen LogP contribution in [0.15, 0.2) is 0 Å². The second-order valence-corrected chi connectivity index (χ2v) is 5.79. The number of hydrogen-bond donors (Lipinski definition) is 2. The fraction of sp³-hybridized carbons (Fsp3) is 0.929. The summed E-state index contributed by atoms with van der Waals surface area (Å²) >= 11 is 0. The monoisotopic (exact) mass is 238 g/mol. The molecule has 0 aromatic rings. The molecule has 0 aromatic heterocycles. The van der Waals surface area contributed by atoms with Gasteiger partial charge in [0.05, 0.1) is 0 Å². The van der Waals surface area contributed by atoms with E-state index in [0.717, 1.165) is 6.54 Å². The van der Waals surface area contributed by atoms with E-state index in [1.54, 1.807) is 0 Å². The van der Waals surface area contributed by atoms with Gasteiger partial charge in [-0.2, -0.15) is 0 Å². The van der Waals surface area contributed by atoms with E-state index in [2.05, 4.69) is 17.6 Å². The van der Waals surface area contributed by atoms with Crippen LogP contribution in [0.2, 0.25) is 0 Å². The summed E-state index contributed by atoms with van der Waals surface area (Å²) in [5.41, 5.74) is 0. The summed E-state index contributed by atoms with van der Waals surface area (Å²) in [7, 11) is 0. The Morgan fingerprint density at radius 3 is 2.65 bits per heavy atom. The van der Waals surface area contributed by atoms with Crippen LogP contribution in [0.5, 0.6) is 0 Å². The molecule has 1 heterocycles. The van der Waals surface area contributed by atoms with Gasteiger partial charge in [-0.05, 0) is 38.1 Å². The molecular formula is C14H26N2O. The van der Waals surface area contributed by atoms with Crippen molar-refractivity contribution in [3.05, 3.63) is 0 Å². The van der Waals surface area contributed by atoms with Gasteiger partial charge in [-0.25, -0.2) is 0 Å². The first-order valence-corrected chi connectivity index (χ1v) is 7.28. The topological polar surface area (TPSA) is 41.1 Å². The molecule has 1 aliphatic heterocycles. The maximum atomic E-state index is 12.0. The zero-order chi connectivity index (χ0) is 12.1. The largest absolute Gasteiger partial charge is 0.353 e. The molecule has 98 valence electrons. The van der Waals surface area contributed by atoms with Gasteiger partial charge in [-0.3, -0.25) is 4.79 Å². The number of amides is 1. The number of rotatable bonds is 3. The van der Waals surface area contributed by atoms with E-state index in [9.17, 15) is 4.79 Å². The van der Waals surface area contributed by atoms with E-state index in [0.29, 0.717) is 24.4 Å². The minimum absolute atomic E-state index is 0.253. The molecule has 0 bridgehead atoms. The van der Waals surface area contributed by atoms with Gasteiger partial charge in [0.15, 0.2) is 0 Å². The smallest absolute Gasteiger partial charge is 0.221 e. The van der Waals surface area contributed by atoms with Crippen molar-refractivity contribution in [1.29, 1.82) is 0 Å². The minimum Gasteiger partial charge on any atom is -0.353 e. The maximum Gasteiger partial charge on any atom is 0.221 e. The first-order chi connectivity index (χ1) is 8.25. The molecule has 2 unspecified atom stereocenters. The zero-order valence-corrected chi connectivity index (χ0v) is 11.0. The SMILES string of the molecule is CC1CCCNC1CC(=O)NC1CCCCC1. The highest BCUT2D eigenvalue weighted by atomic mass is 16.1. The molecular weight excluding hydrogens is 212 g/mol. The van der Waals surface area contributed by atoms with E-state index in [1.807, 2.05) is 0 Å². The highest BCUT2D eigenvalue weighted by Gasteiger charge is 2.24. The third-order valence-corrected chi connectivity index (χ3v) is 4.31. The average Bonchev–Trinajstić information content (AvgIpc) is 2.33. The van der Waals surface area contributed by atoms with Crippen molar-refractivity contribution < 1.29 is 4.79 Å². The number of carbonyl (C=O) groups is 1. The third-order valence-electron chi connectivity index (χ3n) is 4.31. The second kappa shape index (κ2) is 6.39. The van der Waals surface area contributed by atoms with Crippen LogP contribution >= 0.6 is 0 Å². The van der Waals surface area contributed by atoms with Crippen LogP contribution in [0, 0.1) is 5.92 Å². The van der Waals surface area contributed by atoms with E-state index in [-0.39, 0.29) is 5.91 Å². The van der Waals surface area contributed by atoms with Crippen LogP contribution in [0.4, 0.5) is 0 Å². The predicted octanol–water partition coefficient (Wildman–Crippen LogP) is 2.21. The van der Waals surface area contributed by atoms with E-state index >= 15 is 0 Å². The fourth-order valence-electron chi connectivity index (χ4n) is 3.12. The Labute approximate surface area is 105 Å². The van der Waals surface area contributed by atoms with Gasteiger partial charge in [0.2, 0.25) is 5.91 Å². The van der Waals surface area contributed by atoms with Crippen LogP contribution in [0.3, 0.4) is 0 Å². The number of piperidine rings is 1. The lowest BCUT2D eigenvalue weighted by Crippen LogP contribution is -2.45. The molecule has 1 saturated carbocycles. The Morgan fingerprint density at radius 2 is 1.94 bits per heavy atom. The lowest BCUT2D eigenvalue weighted by molar-refractivity contribution is -0.122. The molecule has 2 atom stereocenters. The molecule has 0 aromatic carbocycles. The lowest BCUT2D eigenvalue weighted by Gasteiger charge is -2.30.